The van der Waals surface area contributed by atoms with E-state index >= 15 is 0 Å². The maximum atomic E-state index is 13.4. The minimum absolute atomic E-state index is 0.0107. The third-order valence-corrected chi connectivity index (χ3v) is 4.28. The molecule has 0 spiro atoms. The molecule has 2 aromatic heterocycles. The molecule has 0 radical (unpaired) electrons. The van der Waals surface area contributed by atoms with Gasteiger partial charge in [-0.15, -0.1) is 0 Å². The smallest absolute Gasteiger partial charge is 0.388 e. The van der Waals surface area contributed by atoms with E-state index in [1.54, 1.807) is 31.0 Å². The van der Waals surface area contributed by atoms with Crippen molar-refractivity contribution in [1.29, 1.82) is 0 Å². The van der Waals surface area contributed by atoms with Gasteiger partial charge in [-0.05, 0) is 19.1 Å². The van der Waals surface area contributed by atoms with Gasteiger partial charge in [-0.1, -0.05) is 11.3 Å². The Labute approximate surface area is 163 Å². The molecule has 0 unspecified atom stereocenters. The highest BCUT2D eigenvalue weighted by Gasteiger charge is 2.16. The van der Waals surface area contributed by atoms with Crippen LogP contribution in [0.5, 0.6) is 5.88 Å². The molecule has 1 amide bonds. The normalized spacial score (nSPS) is 10.7. The van der Waals surface area contributed by atoms with Crippen molar-refractivity contribution < 1.29 is 23.0 Å². The van der Waals surface area contributed by atoms with Crippen LogP contribution in [0, 0.1) is 18.6 Å². The number of aromatic nitrogens is 3. The summed E-state index contributed by atoms with van der Waals surface area (Å²) < 4.78 is 38.5. The average Bonchev–Trinajstić information content (AvgIpc) is 3.18. The van der Waals surface area contributed by atoms with Crippen LogP contribution in [0.2, 0.25) is 0 Å². The number of carbonyl (C=O) groups is 1. The Hall–Kier alpha value is -3.05. The number of halogens is 2. The van der Waals surface area contributed by atoms with E-state index in [4.69, 9.17) is 9.47 Å². The molecule has 0 saturated heterocycles. The zero-order chi connectivity index (χ0) is 20.1. The molecule has 11 heteroatoms. The Bertz CT molecular complexity index is 955. The lowest BCUT2D eigenvalue weighted by Gasteiger charge is -2.07. The number of anilines is 3. The lowest BCUT2D eigenvalue weighted by Crippen LogP contribution is -2.18. The van der Waals surface area contributed by atoms with Crippen LogP contribution in [0.3, 0.4) is 0 Å². The molecule has 3 rings (SSSR count). The molecule has 1 aromatic carbocycles. The van der Waals surface area contributed by atoms with Crippen molar-refractivity contribution in [1.82, 2.24) is 14.8 Å². The molecule has 0 aliphatic carbocycles. The second-order valence-corrected chi connectivity index (χ2v) is 6.82. The second kappa shape index (κ2) is 8.76. The van der Waals surface area contributed by atoms with E-state index in [2.05, 4.69) is 20.7 Å². The van der Waals surface area contributed by atoms with Crippen molar-refractivity contribution in [2.75, 3.05) is 24.4 Å². The van der Waals surface area contributed by atoms with Crippen molar-refractivity contribution in [3.8, 4) is 5.88 Å². The van der Waals surface area contributed by atoms with E-state index in [0.29, 0.717) is 29.0 Å². The number of amides is 1. The summed E-state index contributed by atoms with van der Waals surface area (Å²) in [7, 11) is 1.58. The Morgan fingerprint density at radius 2 is 2.04 bits per heavy atom. The Kier molecular flexibility index (Phi) is 6.16. The largest absolute Gasteiger partial charge is 0.419 e. The fourth-order valence-corrected chi connectivity index (χ4v) is 3.04. The highest BCUT2D eigenvalue weighted by molar-refractivity contribution is 7.16. The van der Waals surface area contributed by atoms with Crippen LogP contribution in [0.15, 0.2) is 30.5 Å². The Balaban J connectivity index is 1.67. The fourth-order valence-electron chi connectivity index (χ4n) is 2.27. The molecule has 8 nitrogen and oxygen atoms in total. The summed E-state index contributed by atoms with van der Waals surface area (Å²) in [6, 6.07) is 4.61. The highest BCUT2D eigenvalue weighted by atomic mass is 32.1. The number of aryl methyl sites for hydroxylation is 1. The van der Waals surface area contributed by atoms with Crippen LogP contribution in [0.4, 0.5) is 30.1 Å². The number of benzene rings is 1. The van der Waals surface area contributed by atoms with Crippen LogP contribution in [-0.2, 0) is 11.3 Å². The maximum Gasteiger partial charge on any atom is 0.419 e. The van der Waals surface area contributed by atoms with Crippen LogP contribution >= 0.6 is 11.3 Å². The monoisotopic (exact) mass is 409 g/mol. The van der Waals surface area contributed by atoms with Crippen LogP contribution in [-0.4, -0.2) is 34.6 Å². The van der Waals surface area contributed by atoms with Crippen LogP contribution in [0.1, 0.15) is 5.01 Å². The quantitative estimate of drug-likeness (QED) is 0.615. The molecule has 0 atom stereocenters. The van der Waals surface area contributed by atoms with Gasteiger partial charge in [0, 0.05) is 31.1 Å². The molecule has 2 N–H and O–H groups in total. The number of nitrogens with zero attached hydrogens (tertiary/aromatic N) is 3. The molecule has 0 saturated carbocycles. The minimum Gasteiger partial charge on any atom is -0.388 e. The molecular weight excluding hydrogens is 392 g/mol. The molecular formula is C17H17F2N5O3S. The Morgan fingerprint density at radius 3 is 2.75 bits per heavy atom. The first kappa shape index (κ1) is 19.7. The number of thiazole rings is 1. The first-order valence-corrected chi connectivity index (χ1v) is 8.96. The lowest BCUT2D eigenvalue weighted by atomic mass is 10.3. The van der Waals surface area contributed by atoms with Crippen molar-refractivity contribution >= 4 is 33.9 Å². The average molecular weight is 409 g/mol. The number of carbonyl (C=O) groups excluding carboxylic acids is 1. The zero-order valence-electron chi connectivity index (χ0n) is 15.0. The summed E-state index contributed by atoms with van der Waals surface area (Å²) in [4.78, 5) is 16.3. The van der Waals surface area contributed by atoms with Crippen molar-refractivity contribution in [3.63, 3.8) is 0 Å². The van der Waals surface area contributed by atoms with E-state index < -0.39 is 17.7 Å². The number of hydrogen-bond acceptors (Lipinski definition) is 7. The SMILES string of the molecule is COCCn1ccc(NC(=O)Oc2nc(C)sc2Nc2cc(F)cc(F)c2)n1. The van der Waals surface area contributed by atoms with Gasteiger partial charge in [0.1, 0.15) is 11.6 Å². The summed E-state index contributed by atoms with van der Waals surface area (Å²) in [5.41, 5.74) is 0.170. The summed E-state index contributed by atoms with van der Waals surface area (Å²) in [5, 5.41) is 10.4. The molecule has 0 aliphatic heterocycles. The topological polar surface area (TPSA) is 90.3 Å². The molecule has 3 aromatic rings. The second-order valence-electron chi connectivity index (χ2n) is 5.62. The molecule has 148 valence electrons. The number of nitrogens with one attached hydrogen (secondary N) is 2. The van der Waals surface area contributed by atoms with Gasteiger partial charge in [-0.3, -0.25) is 10.00 Å². The molecule has 0 fully saturated rings. The van der Waals surface area contributed by atoms with Gasteiger partial charge in [0.15, 0.2) is 10.8 Å². The fraction of sp³-hybridized carbons (Fsp3) is 0.235. The predicted octanol–water partition coefficient (Wildman–Crippen LogP) is 3.93. The van der Waals surface area contributed by atoms with Gasteiger partial charge in [0.25, 0.3) is 5.88 Å². The Morgan fingerprint density at radius 1 is 1.29 bits per heavy atom. The number of methoxy groups -OCH3 is 1. The summed E-state index contributed by atoms with van der Waals surface area (Å²) in [6.07, 6.45) is 0.892. The summed E-state index contributed by atoms with van der Waals surface area (Å²) in [5.74, 6) is -1.17. The van der Waals surface area contributed by atoms with E-state index in [1.165, 1.54) is 11.3 Å². The first-order valence-electron chi connectivity index (χ1n) is 8.14. The highest BCUT2D eigenvalue weighted by Crippen LogP contribution is 2.34. The molecule has 0 aliphatic rings. The van der Waals surface area contributed by atoms with E-state index in [-0.39, 0.29) is 11.6 Å². The van der Waals surface area contributed by atoms with E-state index in [0.717, 1.165) is 18.2 Å². The molecule has 28 heavy (non-hydrogen) atoms. The van der Waals surface area contributed by atoms with E-state index in [1.807, 2.05) is 0 Å². The van der Waals surface area contributed by atoms with Gasteiger partial charge in [-0.25, -0.2) is 18.6 Å². The summed E-state index contributed by atoms with van der Waals surface area (Å²) in [6.45, 7) is 2.74. The number of hydrogen-bond donors (Lipinski definition) is 2. The molecule has 2 heterocycles. The predicted molar refractivity (Wildman–Crippen MR) is 100 cm³/mol. The standard InChI is InChI=1S/C17H17F2N5O3S/c1-10-20-15(16(28-10)21-13-8-11(18)7-12(19)9-13)27-17(25)22-14-3-4-24(23-14)5-6-26-2/h3-4,7-9,21H,5-6H2,1-2H3,(H,22,23,25). The lowest BCUT2D eigenvalue weighted by molar-refractivity contribution is 0.183. The number of rotatable bonds is 7. The minimum atomic E-state index is -0.796. The van der Waals surface area contributed by atoms with Gasteiger partial charge < -0.3 is 14.8 Å². The van der Waals surface area contributed by atoms with Gasteiger partial charge in [0.2, 0.25) is 0 Å². The van der Waals surface area contributed by atoms with Gasteiger partial charge >= 0.3 is 6.09 Å². The number of ether oxygens (including phenoxy) is 2. The zero-order valence-corrected chi connectivity index (χ0v) is 15.8. The van der Waals surface area contributed by atoms with Gasteiger partial charge in [-0.2, -0.15) is 5.10 Å². The van der Waals surface area contributed by atoms with Crippen LogP contribution in [0.25, 0.3) is 0 Å². The van der Waals surface area contributed by atoms with Gasteiger partial charge in [0.05, 0.1) is 18.2 Å². The maximum absolute atomic E-state index is 13.4. The van der Waals surface area contributed by atoms with Crippen molar-refractivity contribution in [2.24, 2.45) is 0 Å². The van der Waals surface area contributed by atoms with Crippen molar-refractivity contribution in [2.45, 2.75) is 13.5 Å². The first-order chi connectivity index (χ1) is 13.4. The summed E-state index contributed by atoms with van der Waals surface area (Å²) >= 11 is 1.18. The van der Waals surface area contributed by atoms with E-state index in [9.17, 15) is 13.6 Å². The molecule has 0 bridgehead atoms. The third kappa shape index (κ3) is 5.24. The van der Waals surface area contributed by atoms with Crippen LogP contribution < -0.4 is 15.4 Å². The van der Waals surface area contributed by atoms with Crippen molar-refractivity contribution in [3.05, 3.63) is 47.1 Å². The third-order valence-electron chi connectivity index (χ3n) is 3.41.